The highest BCUT2D eigenvalue weighted by atomic mass is 16.8. The van der Waals surface area contributed by atoms with Gasteiger partial charge in [-0.25, -0.2) is 4.79 Å². The summed E-state index contributed by atoms with van der Waals surface area (Å²) in [5, 5.41) is 3.61. The average molecular weight is 287 g/mol. The molecule has 8 nitrogen and oxygen atoms in total. The Hall–Kier alpha value is -1.67. The molecule has 0 aromatic rings. The van der Waals surface area contributed by atoms with Crippen molar-refractivity contribution in [2.24, 2.45) is 5.16 Å². The van der Waals surface area contributed by atoms with Crippen LogP contribution >= 0.6 is 0 Å². The molecule has 0 unspecified atom stereocenters. The van der Waals surface area contributed by atoms with Crippen LogP contribution in [0.25, 0.3) is 0 Å². The van der Waals surface area contributed by atoms with Gasteiger partial charge in [-0.05, 0) is 19.0 Å². The average Bonchev–Trinajstić information content (AvgIpc) is 2.77. The molecule has 0 aromatic heterocycles. The van der Waals surface area contributed by atoms with Crippen LogP contribution in [0.5, 0.6) is 0 Å². The molecule has 0 radical (unpaired) electrons. The molecule has 3 atom stereocenters. The molecule has 2 rings (SSSR count). The fourth-order valence-electron chi connectivity index (χ4n) is 2.05. The van der Waals surface area contributed by atoms with Gasteiger partial charge in [0.15, 0.2) is 18.0 Å². The summed E-state index contributed by atoms with van der Waals surface area (Å²) in [6, 6.07) is 0. The second kappa shape index (κ2) is 5.37. The van der Waals surface area contributed by atoms with Crippen molar-refractivity contribution in [2.75, 3.05) is 6.61 Å². The highest BCUT2D eigenvalue weighted by Gasteiger charge is 2.55. The number of hydrogen-bond donors (Lipinski definition) is 0. The fraction of sp³-hybridized carbons (Fsp3) is 0.750. The van der Waals surface area contributed by atoms with E-state index in [-0.39, 0.29) is 12.5 Å². The lowest BCUT2D eigenvalue weighted by Gasteiger charge is -2.21. The summed E-state index contributed by atoms with van der Waals surface area (Å²) in [4.78, 5) is 26.2. The van der Waals surface area contributed by atoms with Crippen LogP contribution in [-0.4, -0.2) is 48.5 Å². The first-order chi connectivity index (χ1) is 9.28. The van der Waals surface area contributed by atoms with E-state index in [1.807, 2.05) is 0 Å². The van der Waals surface area contributed by atoms with E-state index in [0.29, 0.717) is 0 Å². The highest BCUT2D eigenvalue weighted by Crippen LogP contribution is 2.36. The van der Waals surface area contributed by atoms with Gasteiger partial charge in [-0.2, -0.15) is 0 Å². The van der Waals surface area contributed by atoms with Crippen molar-refractivity contribution in [1.29, 1.82) is 0 Å². The number of hydrogen-bond acceptors (Lipinski definition) is 8. The van der Waals surface area contributed by atoms with Crippen molar-refractivity contribution in [3.8, 4) is 0 Å². The zero-order chi connectivity index (χ0) is 14.9. The van der Waals surface area contributed by atoms with Crippen LogP contribution in [0.1, 0.15) is 27.7 Å². The van der Waals surface area contributed by atoms with Gasteiger partial charge in [0, 0.05) is 13.8 Å². The van der Waals surface area contributed by atoms with Crippen LogP contribution < -0.4 is 0 Å². The van der Waals surface area contributed by atoms with Crippen LogP contribution in [-0.2, 0) is 33.4 Å². The number of carbonyl (C=O) groups is 2. The number of rotatable bonds is 3. The van der Waals surface area contributed by atoms with Gasteiger partial charge in [0.25, 0.3) is 5.90 Å². The van der Waals surface area contributed by atoms with Crippen molar-refractivity contribution in [3.63, 3.8) is 0 Å². The van der Waals surface area contributed by atoms with Crippen LogP contribution in [0.2, 0.25) is 0 Å². The van der Waals surface area contributed by atoms with E-state index in [9.17, 15) is 9.59 Å². The van der Waals surface area contributed by atoms with E-state index in [0.717, 1.165) is 0 Å². The van der Waals surface area contributed by atoms with Crippen LogP contribution in [0.15, 0.2) is 5.16 Å². The van der Waals surface area contributed by atoms with Crippen LogP contribution in [0.3, 0.4) is 0 Å². The highest BCUT2D eigenvalue weighted by molar-refractivity contribution is 5.84. The largest absolute Gasteiger partial charge is 0.467 e. The van der Waals surface area contributed by atoms with Crippen LogP contribution in [0.4, 0.5) is 0 Å². The molecule has 0 spiro atoms. The van der Waals surface area contributed by atoms with E-state index in [4.69, 9.17) is 18.9 Å². The third-order valence-electron chi connectivity index (χ3n) is 2.73. The lowest BCUT2D eigenvalue weighted by Crippen LogP contribution is -2.33. The third-order valence-corrected chi connectivity index (χ3v) is 2.73. The first-order valence-electron chi connectivity index (χ1n) is 6.19. The molecule has 0 N–H and O–H groups in total. The predicted octanol–water partition coefficient (Wildman–Crippen LogP) is 0.345. The minimum Gasteiger partial charge on any atom is -0.467 e. The molecule has 2 heterocycles. The van der Waals surface area contributed by atoms with Crippen molar-refractivity contribution in [1.82, 2.24) is 0 Å². The Bertz CT molecular complexity index is 445. The zero-order valence-electron chi connectivity index (χ0n) is 11.7. The number of esters is 1. The summed E-state index contributed by atoms with van der Waals surface area (Å²) in [6.45, 7) is 6.03. The molecule has 20 heavy (non-hydrogen) atoms. The van der Waals surface area contributed by atoms with Gasteiger partial charge in [0.2, 0.25) is 0 Å². The molecular formula is C12H17NO7. The molecule has 0 bridgehead atoms. The molecule has 2 aliphatic heterocycles. The first kappa shape index (κ1) is 14.7. The molecule has 2 aliphatic rings. The van der Waals surface area contributed by atoms with E-state index in [2.05, 4.69) is 9.99 Å². The molecule has 0 aromatic carbocycles. The molecule has 0 saturated carbocycles. The van der Waals surface area contributed by atoms with E-state index in [1.165, 1.54) is 13.8 Å². The maximum Gasteiger partial charge on any atom is 0.332 e. The fourth-order valence-corrected chi connectivity index (χ4v) is 2.05. The standard InChI is InChI=1S/C12H17NO7/c1-6(14)16-5-8-9-10(19-12(3,4)18-9)11(17-8)13-20-7(2)15/h8-10H,5H2,1-4H3/t8-,9-,10-/m1/s1. The summed E-state index contributed by atoms with van der Waals surface area (Å²) in [7, 11) is 0. The minimum absolute atomic E-state index is 0.00896. The molecule has 2 fully saturated rings. The summed E-state index contributed by atoms with van der Waals surface area (Å²) in [5.74, 6) is -1.70. The quantitative estimate of drug-likeness (QED) is 0.420. The van der Waals surface area contributed by atoms with Crippen LogP contribution in [0, 0.1) is 0 Å². The second-order valence-electron chi connectivity index (χ2n) is 4.99. The van der Waals surface area contributed by atoms with Crippen molar-refractivity contribution in [2.45, 2.75) is 51.8 Å². The van der Waals surface area contributed by atoms with Gasteiger partial charge in [-0.3, -0.25) is 4.79 Å². The Morgan fingerprint density at radius 3 is 2.55 bits per heavy atom. The normalized spacial score (nSPS) is 32.6. The van der Waals surface area contributed by atoms with Gasteiger partial charge in [-0.1, -0.05) is 0 Å². The van der Waals surface area contributed by atoms with E-state index >= 15 is 0 Å². The third kappa shape index (κ3) is 3.26. The molecule has 8 heteroatoms. The maximum absolute atomic E-state index is 10.9. The summed E-state index contributed by atoms with van der Waals surface area (Å²) in [6.07, 6.45) is -1.62. The Balaban J connectivity index is 2.10. The number of ether oxygens (including phenoxy) is 4. The van der Waals surface area contributed by atoms with Crippen molar-refractivity contribution in [3.05, 3.63) is 0 Å². The topological polar surface area (TPSA) is 92.7 Å². The molecule has 0 aliphatic carbocycles. The summed E-state index contributed by atoms with van der Waals surface area (Å²) in [5.41, 5.74) is 0. The van der Waals surface area contributed by atoms with Gasteiger partial charge < -0.3 is 23.8 Å². The van der Waals surface area contributed by atoms with Crippen molar-refractivity contribution >= 4 is 17.8 Å². The predicted molar refractivity (Wildman–Crippen MR) is 64.5 cm³/mol. The van der Waals surface area contributed by atoms with Gasteiger partial charge >= 0.3 is 11.9 Å². The lowest BCUT2D eigenvalue weighted by molar-refractivity contribution is -0.165. The number of nitrogens with zero attached hydrogens (tertiary/aromatic N) is 1. The Labute approximate surface area is 115 Å². The molecular weight excluding hydrogens is 270 g/mol. The van der Waals surface area contributed by atoms with Gasteiger partial charge in [-0.15, -0.1) is 0 Å². The summed E-state index contributed by atoms with van der Waals surface area (Å²) >= 11 is 0. The molecule has 2 saturated heterocycles. The number of carbonyl (C=O) groups excluding carboxylic acids is 2. The summed E-state index contributed by atoms with van der Waals surface area (Å²) < 4.78 is 21.7. The van der Waals surface area contributed by atoms with E-state index < -0.39 is 36.0 Å². The molecule has 112 valence electrons. The lowest BCUT2D eigenvalue weighted by atomic mass is 10.1. The number of oxime groups is 1. The first-order valence-corrected chi connectivity index (χ1v) is 6.19. The maximum atomic E-state index is 10.9. The second-order valence-corrected chi connectivity index (χ2v) is 4.99. The SMILES string of the molecule is CC(=O)OC[C@H]1OC(=NOC(C)=O)[C@@H]2OC(C)(C)O[C@H]12. The van der Waals surface area contributed by atoms with E-state index in [1.54, 1.807) is 13.8 Å². The monoisotopic (exact) mass is 287 g/mol. The zero-order valence-corrected chi connectivity index (χ0v) is 11.7. The molecule has 0 amide bonds. The minimum atomic E-state index is -0.815. The Morgan fingerprint density at radius 2 is 1.95 bits per heavy atom. The Kier molecular flexibility index (Phi) is 3.96. The number of fused-ring (bicyclic) bond motifs is 1. The smallest absolute Gasteiger partial charge is 0.332 e. The Morgan fingerprint density at radius 1 is 1.25 bits per heavy atom. The van der Waals surface area contributed by atoms with Gasteiger partial charge in [0.05, 0.1) is 0 Å². The van der Waals surface area contributed by atoms with Gasteiger partial charge in [0.1, 0.15) is 12.7 Å². The van der Waals surface area contributed by atoms with Crippen molar-refractivity contribution < 1.29 is 33.4 Å².